The average Bonchev–Trinajstić information content (AvgIpc) is 2.30. The van der Waals surface area contributed by atoms with Crippen molar-refractivity contribution in [3.8, 4) is 12.3 Å². The lowest BCUT2D eigenvalue weighted by Crippen LogP contribution is -2.17. The quantitative estimate of drug-likeness (QED) is 0.515. The molecule has 1 heterocycles. The molecule has 0 bridgehead atoms. The van der Waals surface area contributed by atoms with E-state index in [0.717, 1.165) is 12.8 Å². The van der Waals surface area contributed by atoms with Gasteiger partial charge < -0.3 is 5.32 Å². The molecule has 1 aromatic rings. The van der Waals surface area contributed by atoms with Crippen molar-refractivity contribution in [2.75, 3.05) is 5.32 Å². The summed E-state index contributed by atoms with van der Waals surface area (Å²) < 4.78 is 0.531. The summed E-state index contributed by atoms with van der Waals surface area (Å²) in [5.41, 5.74) is -0.0600. The van der Waals surface area contributed by atoms with Crippen molar-refractivity contribution in [1.82, 2.24) is 4.98 Å². The van der Waals surface area contributed by atoms with Gasteiger partial charge in [0, 0.05) is 6.07 Å². The third-order valence-corrected chi connectivity index (χ3v) is 2.73. The van der Waals surface area contributed by atoms with Crippen LogP contribution in [-0.4, -0.2) is 15.9 Å². The van der Waals surface area contributed by atoms with Crippen LogP contribution in [0.5, 0.6) is 0 Å². The number of nitro groups is 1. The van der Waals surface area contributed by atoms with Gasteiger partial charge >= 0.3 is 0 Å². The summed E-state index contributed by atoms with van der Waals surface area (Å²) in [7, 11) is 0. The molecule has 0 radical (unpaired) electrons. The molecule has 0 fully saturated rings. The highest BCUT2D eigenvalue weighted by Crippen LogP contribution is 2.25. The van der Waals surface area contributed by atoms with Gasteiger partial charge in [-0.2, -0.15) is 0 Å². The first kappa shape index (κ1) is 13.5. The van der Waals surface area contributed by atoms with Crippen molar-refractivity contribution in [1.29, 1.82) is 0 Å². The summed E-state index contributed by atoms with van der Waals surface area (Å²) in [5.74, 6) is 3.13. The van der Waals surface area contributed by atoms with E-state index in [9.17, 15) is 10.1 Å². The molecule has 1 aromatic heterocycles. The minimum atomic E-state index is -0.494. The molecule has 0 aliphatic rings. The number of halogens is 1. The number of anilines is 1. The minimum Gasteiger partial charge on any atom is -0.356 e. The van der Waals surface area contributed by atoms with Gasteiger partial charge in [-0.3, -0.25) is 10.1 Å². The Kier molecular flexibility index (Phi) is 4.91. The molecule has 0 aromatic carbocycles. The molecule has 17 heavy (non-hydrogen) atoms. The van der Waals surface area contributed by atoms with E-state index in [1.807, 2.05) is 6.92 Å². The highest BCUT2D eigenvalue weighted by atomic mass is 79.9. The number of pyridine rings is 1. The summed E-state index contributed by atoms with van der Waals surface area (Å²) in [6.45, 7) is 2.03. The second kappa shape index (κ2) is 6.21. The Morgan fingerprint density at radius 2 is 2.47 bits per heavy atom. The molecule has 5 nitrogen and oxygen atoms in total. The number of hydrogen-bond donors (Lipinski definition) is 1. The van der Waals surface area contributed by atoms with Crippen LogP contribution in [0.4, 0.5) is 11.5 Å². The van der Waals surface area contributed by atoms with Gasteiger partial charge in [0.15, 0.2) is 0 Å². The molecule has 0 spiro atoms. The fourth-order valence-corrected chi connectivity index (χ4v) is 1.74. The number of hydrogen-bond acceptors (Lipinski definition) is 4. The zero-order valence-corrected chi connectivity index (χ0v) is 10.9. The Bertz CT molecular complexity index is 457. The lowest BCUT2D eigenvalue weighted by atomic mass is 10.2. The summed E-state index contributed by atoms with van der Waals surface area (Å²) >= 11 is 3.23. The summed E-state index contributed by atoms with van der Waals surface area (Å²) in [6, 6.07) is 1.28. The SMILES string of the molecule is C#CC(CCC)Nc1ncc([N+](=O)[O-])cc1Br. The third kappa shape index (κ3) is 3.71. The van der Waals surface area contributed by atoms with Crippen LogP contribution in [0.25, 0.3) is 0 Å². The smallest absolute Gasteiger partial charge is 0.288 e. The normalized spacial score (nSPS) is 11.6. The Balaban J connectivity index is 2.86. The maximum absolute atomic E-state index is 10.5. The predicted molar refractivity (Wildman–Crippen MR) is 69.7 cm³/mol. The van der Waals surface area contributed by atoms with E-state index < -0.39 is 4.92 Å². The van der Waals surface area contributed by atoms with Crippen LogP contribution >= 0.6 is 15.9 Å². The van der Waals surface area contributed by atoms with Gasteiger partial charge in [0.1, 0.15) is 12.0 Å². The third-order valence-electron chi connectivity index (χ3n) is 2.13. The van der Waals surface area contributed by atoms with E-state index >= 15 is 0 Å². The van der Waals surface area contributed by atoms with Gasteiger partial charge in [-0.25, -0.2) is 4.98 Å². The minimum absolute atomic E-state index is 0.0600. The molecular weight excluding hydrogens is 286 g/mol. The average molecular weight is 298 g/mol. The number of nitrogens with zero attached hydrogens (tertiary/aromatic N) is 2. The van der Waals surface area contributed by atoms with Gasteiger partial charge in [-0.15, -0.1) is 6.42 Å². The second-order valence-electron chi connectivity index (χ2n) is 3.43. The fraction of sp³-hybridized carbons (Fsp3) is 0.364. The number of aromatic nitrogens is 1. The van der Waals surface area contributed by atoms with Crippen molar-refractivity contribution in [3.05, 3.63) is 26.9 Å². The van der Waals surface area contributed by atoms with E-state index in [0.29, 0.717) is 10.3 Å². The van der Waals surface area contributed by atoms with E-state index in [1.165, 1.54) is 12.3 Å². The van der Waals surface area contributed by atoms with E-state index in [1.54, 1.807) is 0 Å². The van der Waals surface area contributed by atoms with E-state index in [-0.39, 0.29) is 11.7 Å². The Morgan fingerprint density at radius 3 is 2.94 bits per heavy atom. The number of nitrogens with one attached hydrogen (secondary N) is 1. The monoisotopic (exact) mass is 297 g/mol. The number of terminal acetylenes is 1. The van der Waals surface area contributed by atoms with Crippen molar-refractivity contribution in [3.63, 3.8) is 0 Å². The predicted octanol–water partition coefficient (Wildman–Crippen LogP) is 2.97. The first-order valence-corrected chi connectivity index (χ1v) is 5.90. The zero-order chi connectivity index (χ0) is 12.8. The topological polar surface area (TPSA) is 68.1 Å². The van der Waals surface area contributed by atoms with E-state index in [2.05, 4.69) is 32.2 Å². The molecule has 1 N–H and O–H groups in total. The van der Waals surface area contributed by atoms with Crippen LogP contribution in [0.1, 0.15) is 19.8 Å². The molecule has 90 valence electrons. The fourth-order valence-electron chi connectivity index (χ4n) is 1.28. The largest absolute Gasteiger partial charge is 0.356 e. The van der Waals surface area contributed by atoms with Crippen LogP contribution in [-0.2, 0) is 0 Å². The van der Waals surface area contributed by atoms with Gasteiger partial charge in [0.05, 0.1) is 15.4 Å². The maximum Gasteiger partial charge on any atom is 0.288 e. The van der Waals surface area contributed by atoms with Crippen molar-refractivity contribution in [2.45, 2.75) is 25.8 Å². The van der Waals surface area contributed by atoms with E-state index in [4.69, 9.17) is 6.42 Å². The van der Waals surface area contributed by atoms with Gasteiger partial charge in [0.25, 0.3) is 5.69 Å². The molecular formula is C11H12BrN3O2. The first-order chi connectivity index (χ1) is 8.08. The standard InChI is InChI=1S/C11H12BrN3O2/c1-3-5-8(4-2)14-11-10(12)6-9(7-13-11)15(16)17/h2,6-8H,3,5H2,1H3,(H,13,14). The molecule has 0 amide bonds. The van der Waals surface area contributed by atoms with Gasteiger partial charge in [-0.05, 0) is 22.4 Å². The molecule has 1 rings (SSSR count). The van der Waals surface area contributed by atoms with Crippen molar-refractivity contribution in [2.24, 2.45) is 0 Å². The van der Waals surface area contributed by atoms with Crippen LogP contribution in [0.15, 0.2) is 16.7 Å². The van der Waals surface area contributed by atoms with Crippen LogP contribution in [0.3, 0.4) is 0 Å². The molecule has 1 unspecified atom stereocenters. The molecule has 1 atom stereocenters. The highest BCUT2D eigenvalue weighted by molar-refractivity contribution is 9.10. The molecule has 0 saturated heterocycles. The molecule has 0 aliphatic heterocycles. The van der Waals surface area contributed by atoms with Crippen LogP contribution in [0.2, 0.25) is 0 Å². The first-order valence-electron chi connectivity index (χ1n) is 5.11. The van der Waals surface area contributed by atoms with Crippen LogP contribution in [0, 0.1) is 22.5 Å². The maximum atomic E-state index is 10.5. The van der Waals surface area contributed by atoms with Crippen molar-refractivity contribution >= 4 is 27.4 Å². The molecule has 6 heteroatoms. The second-order valence-corrected chi connectivity index (χ2v) is 4.29. The summed E-state index contributed by atoms with van der Waals surface area (Å²) in [4.78, 5) is 14.0. The summed E-state index contributed by atoms with van der Waals surface area (Å²) in [5, 5.41) is 13.6. The van der Waals surface area contributed by atoms with Gasteiger partial charge in [-0.1, -0.05) is 19.3 Å². The Labute approximate surface area is 108 Å². The zero-order valence-electron chi connectivity index (χ0n) is 9.31. The lowest BCUT2D eigenvalue weighted by molar-refractivity contribution is -0.385. The number of rotatable bonds is 5. The van der Waals surface area contributed by atoms with Crippen LogP contribution < -0.4 is 5.32 Å². The molecule has 0 saturated carbocycles. The lowest BCUT2D eigenvalue weighted by Gasteiger charge is -2.13. The Morgan fingerprint density at radius 1 is 1.76 bits per heavy atom. The highest BCUT2D eigenvalue weighted by Gasteiger charge is 2.12. The summed E-state index contributed by atoms with van der Waals surface area (Å²) in [6.07, 6.45) is 8.34. The Hall–Kier alpha value is -1.61. The van der Waals surface area contributed by atoms with Crippen molar-refractivity contribution < 1.29 is 4.92 Å². The molecule has 0 aliphatic carbocycles. The van der Waals surface area contributed by atoms with Gasteiger partial charge in [0.2, 0.25) is 0 Å².